The van der Waals surface area contributed by atoms with Crippen LogP contribution >= 0.6 is 0 Å². The molecule has 0 heterocycles. The van der Waals surface area contributed by atoms with Crippen LogP contribution in [-0.4, -0.2) is 6.04 Å². The summed E-state index contributed by atoms with van der Waals surface area (Å²) >= 11 is 0. The number of rotatable bonds is 4. The Morgan fingerprint density at radius 3 is 2.31 bits per heavy atom. The monoisotopic (exact) mass is 227 g/mol. The fourth-order valence-electron chi connectivity index (χ4n) is 1.27. The van der Waals surface area contributed by atoms with Crippen molar-refractivity contribution in [3.05, 3.63) is 35.1 Å². The molecule has 0 saturated heterocycles. The van der Waals surface area contributed by atoms with Crippen LogP contribution in [0.5, 0.6) is 0 Å². The zero-order valence-corrected chi connectivity index (χ0v) is 8.86. The molecule has 1 unspecified atom stereocenters. The van der Waals surface area contributed by atoms with Gasteiger partial charge in [0.05, 0.1) is 6.04 Å². The van der Waals surface area contributed by atoms with Crippen LogP contribution < -0.4 is 5.32 Å². The van der Waals surface area contributed by atoms with E-state index in [2.05, 4.69) is 11.2 Å². The van der Waals surface area contributed by atoms with Gasteiger partial charge < -0.3 is 0 Å². The largest absolute Gasteiger partial charge is 0.300 e. The minimum atomic E-state index is -1.45. The summed E-state index contributed by atoms with van der Waals surface area (Å²) in [6.45, 7) is 2.10. The molecule has 16 heavy (non-hydrogen) atoms. The summed E-state index contributed by atoms with van der Waals surface area (Å²) in [6, 6.07) is 1.75. The lowest BCUT2D eigenvalue weighted by Crippen LogP contribution is -2.26. The lowest BCUT2D eigenvalue weighted by molar-refractivity contribution is 0.443. The van der Waals surface area contributed by atoms with Gasteiger partial charge in [-0.15, -0.1) is 6.42 Å². The number of hydrogen-bond acceptors (Lipinski definition) is 1. The van der Waals surface area contributed by atoms with Gasteiger partial charge in [0.1, 0.15) is 0 Å². The smallest absolute Gasteiger partial charge is 0.194 e. The van der Waals surface area contributed by atoms with E-state index in [1.807, 2.05) is 6.92 Å². The van der Waals surface area contributed by atoms with Crippen LogP contribution in [0.1, 0.15) is 18.9 Å². The molecular weight excluding hydrogens is 215 g/mol. The molecule has 0 spiro atoms. The second-order valence-electron chi connectivity index (χ2n) is 3.38. The molecule has 0 radical (unpaired) electrons. The topological polar surface area (TPSA) is 12.0 Å². The van der Waals surface area contributed by atoms with Crippen LogP contribution in [-0.2, 0) is 6.54 Å². The third kappa shape index (κ3) is 3.01. The van der Waals surface area contributed by atoms with E-state index in [-0.39, 0.29) is 12.6 Å². The van der Waals surface area contributed by atoms with Crippen LogP contribution in [0.3, 0.4) is 0 Å². The van der Waals surface area contributed by atoms with Gasteiger partial charge in [-0.3, -0.25) is 5.32 Å². The van der Waals surface area contributed by atoms with Crippen molar-refractivity contribution in [1.29, 1.82) is 0 Å². The molecule has 0 aromatic heterocycles. The Balaban J connectivity index is 2.72. The van der Waals surface area contributed by atoms with Crippen molar-refractivity contribution in [3.8, 4) is 12.3 Å². The average Bonchev–Trinajstić information content (AvgIpc) is 2.27. The van der Waals surface area contributed by atoms with Crippen molar-refractivity contribution in [2.24, 2.45) is 0 Å². The molecule has 1 aromatic carbocycles. The van der Waals surface area contributed by atoms with Crippen LogP contribution in [0.15, 0.2) is 12.1 Å². The minimum Gasteiger partial charge on any atom is -0.300 e. The number of hydrogen-bond donors (Lipinski definition) is 1. The Bertz CT molecular complexity index is 386. The summed E-state index contributed by atoms with van der Waals surface area (Å²) in [5.74, 6) is -1.34. The summed E-state index contributed by atoms with van der Waals surface area (Å²) in [5.41, 5.74) is 0.324. The van der Waals surface area contributed by atoms with Gasteiger partial charge >= 0.3 is 0 Å². The molecule has 0 amide bonds. The van der Waals surface area contributed by atoms with Gasteiger partial charge in [-0.2, -0.15) is 0 Å². The molecule has 86 valence electrons. The summed E-state index contributed by atoms with van der Waals surface area (Å²) < 4.78 is 38.3. The third-order valence-electron chi connectivity index (χ3n) is 2.21. The van der Waals surface area contributed by atoms with Gasteiger partial charge in [0.25, 0.3) is 0 Å². The fourth-order valence-corrected chi connectivity index (χ4v) is 1.27. The van der Waals surface area contributed by atoms with Crippen molar-refractivity contribution in [3.63, 3.8) is 0 Å². The first-order valence-electron chi connectivity index (χ1n) is 4.91. The first-order valence-corrected chi connectivity index (χ1v) is 4.91. The van der Waals surface area contributed by atoms with E-state index >= 15 is 0 Å². The Hall–Kier alpha value is -1.47. The molecule has 1 nitrogen and oxygen atoms in total. The molecule has 0 aliphatic carbocycles. The van der Waals surface area contributed by atoms with Gasteiger partial charge in [-0.1, -0.05) is 12.8 Å². The quantitative estimate of drug-likeness (QED) is 0.616. The normalized spacial score (nSPS) is 12.2. The van der Waals surface area contributed by atoms with Gasteiger partial charge in [0.15, 0.2) is 17.5 Å². The van der Waals surface area contributed by atoms with E-state index in [1.165, 1.54) is 0 Å². The first-order chi connectivity index (χ1) is 7.58. The van der Waals surface area contributed by atoms with Crippen LogP contribution in [0.4, 0.5) is 13.2 Å². The highest BCUT2D eigenvalue weighted by Crippen LogP contribution is 2.13. The van der Waals surface area contributed by atoms with E-state index < -0.39 is 17.5 Å². The van der Waals surface area contributed by atoms with Gasteiger partial charge in [0.2, 0.25) is 0 Å². The maximum Gasteiger partial charge on any atom is 0.194 e. The first kappa shape index (κ1) is 12.6. The molecule has 1 N–H and O–H groups in total. The summed E-state index contributed by atoms with van der Waals surface area (Å²) in [6.07, 6.45) is 5.92. The van der Waals surface area contributed by atoms with E-state index in [9.17, 15) is 13.2 Å². The zero-order valence-electron chi connectivity index (χ0n) is 8.86. The summed E-state index contributed by atoms with van der Waals surface area (Å²) in [5, 5.41) is 2.92. The van der Waals surface area contributed by atoms with Gasteiger partial charge in [0, 0.05) is 6.54 Å². The Labute approximate surface area is 92.7 Å². The predicted molar refractivity (Wildman–Crippen MR) is 56.1 cm³/mol. The third-order valence-corrected chi connectivity index (χ3v) is 2.21. The van der Waals surface area contributed by atoms with Gasteiger partial charge in [-0.05, 0) is 24.1 Å². The molecule has 0 aliphatic heterocycles. The van der Waals surface area contributed by atoms with E-state index in [1.54, 1.807) is 0 Å². The SMILES string of the molecule is C#CC(CC)NCc1cc(F)c(F)c(F)c1. The zero-order chi connectivity index (χ0) is 12.1. The molecule has 1 aromatic rings. The second-order valence-corrected chi connectivity index (χ2v) is 3.38. The molecular formula is C12H12F3N. The molecule has 0 saturated carbocycles. The average molecular weight is 227 g/mol. The lowest BCUT2D eigenvalue weighted by Gasteiger charge is -2.10. The molecule has 0 bridgehead atoms. The minimum absolute atomic E-state index is 0.156. The molecule has 0 fully saturated rings. The van der Waals surface area contributed by atoms with Crippen molar-refractivity contribution in [2.75, 3.05) is 0 Å². The number of benzene rings is 1. The van der Waals surface area contributed by atoms with Crippen molar-refractivity contribution in [1.82, 2.24) is 5.32 Å². The van der Waals surface area contributed by atoms with Gasteiger partial charge in [-0.25, -0.2) is 13.2 Å². The second kappa shape index (κ2) is 5.57. The van der Waals surface area contributed by atoms with Crippen LogP contribution in [0.2, 0.25) is 0 Å². The maximum atomic E-state index is 12.8. The molecule has 1 rings (SSSR count). The van der Waals surface area contributed by atoms with E-state index in [0.717, 1.165) is 12.1 Å². The van der Waals surface area contributed by atoms with E-state index in [4.69, 9.17) is 6.42 Å². The number of terminal acetylenes is 1. The highest BCUT2D eigenvalue weighted by molar-refractivity contribution is 5.19. The van der Waals surface area contributed by atoms with Crippen LogP contribution in [0.25, 0.3) is 0 Å². The van der Waals surface area contributed by atoms with Crippen molar-refractivity contribution < 1.29 is 13.2 Å². The van der Waals surface area contributed by atoms with E-state index in [0.29, 0.717) is 12.0 Å². The molecule has 0 aliphatic rings. The number of nitrogens with one attached hydrogen (secondary N) is 1. The van der Waals surface area contributed by atoms with Crippen LogP contribution in [0, 0.1) is 29.8 Å². The fraction of sp³-hybridized carbons (Fsp3) is 0.333. The standard InChI is InChI=1S/C12H12F3N/c1-3-9(4-2)16-7-8-5-10(13)12(15)11(14)6-8/h1,5-6,9,16H,4,7H2,2H3. The van der Waals surface area contributed by atoms with Crippen molar-refractivity contribution in [2.45, 2.75) is 25.9 Å². The highest BCUT2D eigenvalue weighted by Gasteiger charge is 2.10. The Morgan fingerprint density at radius 2 is 1.88 bits per heavy atom. The molecule has 4 heteroatoms. The Morgan fingerprint density at radius 1 is 1.31 bits per heavy atom. The summed E-state index contributed by atoms with van der Waals surface area (Å²) in [4.78, 5) is 0. The molecule has 1 atom stereocenters. The summed E-state index contributed by atoms with van der Waals surface area (Å²) in [7, 11) is 0. The lowest BCUT2D eigenvalue weighted by atomic mass is 10.1. The van der Waals surface area contributed by atoms with Crippen molar-refractivity contribution >= 4 is 0 Å². The Kier molecular flexibility index (Phi) is 4.39. The highest BCUT2D eigenvalue weighted by atomic mass is 19.2. The maximum absolute atomic E-state index is 12.8. The predicted octanol–water partition coefficient (Wildman–Crippen LogP) is 2.61. The number of halogens is 3.